The van der Waals surface area contributed by atoms with Gasteiger partial charge in [-0.3, -0.25) is 9.78 Å². The first-order chi connectivity index (χ1) is 15.5. The van der Waals surface area contributed by atoms with Gasteiger partial charge in [0.25, 0.3) is 5.91 Å². The number of anilines is 3. The number of amides is 1. The second-order valence-electron chi connectivity index (χ2n) is 7.44. The summed E-state index contributed by atoms with van der Waals surface area (Å²) in [4.78, 5) is 31.7. The quantitative estimate of drug-likeness (QED) is 0.477. The SMILES string of the molecule is CCc1ccncc1-c1cc2cc(Nc3cc(C(=O)N(C)CC)ccn3)ncc2c(N)n1. The van der Waals surface area contributed by atoms with Gasteiger partial charge in [0.1, 0.15) is 17.5 Å². The maximum atomic E-state index is 12.4. The Hall–Kier alpha value is -4.07. The van der Waals surface area contributed by atoms with Gasteiger partial charge in [-0.15, -0.1) is 0 Å². The van der Waals surface area contributed by atoms with E-state index in [1.165, 1.54) is 0 Å². The minimum absolute atomic E-state index is 0.0592. The minimum atomic E-state index is -0.0592. The molecule has 4 aromatic heterocycles. The van der Waals surface area contributed by atoms with E-state index in [0.717, 1.165) is 34.0 Å². The monoisotopic (exact) mass is 427 g/mol. The van der Waals surface area contributed by atoms with E-state index in [-0.39, 0.29) is 5.91 Å². The van der Waals surface area contributed by atoms with Gasteiger partial charge in [-0.05, 0) is 54.6 Å². The number of aryl methyl sites for hydroxylation is 1. The summed E-state index contributed by atoms with van der Waals surface area (Å²) in [5.74, 6) is 1.48. The molecule has 1 amide bonds. The Kier molecular flexibility index (Phi) is 5.93. The molecule has 0 fully saturated rings. The molecule has 0 aliphatic heterocycles. The molecule has 0 saturated carbocycles. The molecule has 32 heavy (non-hydrogen) atoms. The van der Waals surface area contributed by atoms with Crippen molar-refractivity contribution in [3.63, 3.8) is 0 Å². The molecule has 4 rings (SSSR count). The standard InChI is InChI=1S/C24H25N7O/c1-4-15-6-8-26-13-18(15)20-10-17-12-22(28-14-19(17)23(25)29-20)30-21-11-16(7-9-27-21)24(32)31(3)5-2/h6-14H,4-5H2,1-3H3,(H2,25,29)(H,27,28,30). The van der Waals surface area contributed by atoms with Gasteiger partial charge < -0.3 is 16.0 Å². The predicted molar refractivity (Wildman–Crippen MR) is 127 cm³/mol. The van der Waals surface area contributed by atoms with Crippen molar-refractivity contribution in [3.05, 3.63) is 66.2 Å². The molecule has 3 N–H and O–H groups in total. The average molecular weight is 428 g/mol. The zero-order valence-electron chi connectivity index (χ0n) is 18.3. The van der Waals surface area contributed by atoms with Crippen LogP contribution in [-0.2, 0) is 6.42 Å². The molecule has 0 unspecified atom stereocenters. The lowest BCUT2D eigenvalue weighted by Crippen LogP contribution is -2.26. The highest BCUT2D eigenvalue weighted by atomic mass is 16.2. The second kappa shape index (κ2) is 8.97. The summed E-state index contributed by atoms with van der Waals surface area (Å²) < 4.78 is 0. The minimum Gasteiger partial charge on any atom is -0.383 e. The van der Waals surface area contributed by atoms with E-state index >= 15 is 0 Å². The molecule has 0 saturated heterocycles. The van der Waals surface area contributed by atoms with Crippen LogP contribution in [0.2, 0.25) is 0 Å². The van der Waals surface area contributed by atoms with E-state index in [1.807, 2.05) is 31.3 Å². The molecule has 0 aliphatic rings. The van der Waals surface area contributed by atoms with Crippen LogP contribution < -0.4 is 11.1 Å². The van der Waals surface area contributed by atoms with Crippen molar-refractivity contribution in [2.75, 3.05) is 24.6 Å². The molecule has 0 aliphatic carbocycles. The molecular weight excluding hydrogens is 402 g/mol. The molecule has 0 spiro atoms. The van der Waals surface area contributed by atoms with Gasteiger partial charge in [-0.1, -0.05) is 6.92 Å². The van der Waals surface area contributed by atoms with Crippen molar-refractivity contribution in [2.45, 2.75) is 20.3 Å². The van der Waals surface area contributed by atoms with Crippen LogP contribution in [0, 0.1) is 0 Å². The topological polar surface area (TPSA) is 110 Å². The van der Waals surface area contributed by atoms with Gasteiger partial charge >= 0.3 is 0 Å². The first-order valence-corrected chi connectivity index (χ1v) is 10.5. The summed E-state index contributed by atoms with van der Waals surface area (Å²) in [6, 6.07) is 9.29. The maximum absolute atomic E-state index is 12.4. The molecule has 162 valence electrons. The number of carbonyl (C=O) groups excluding carboxylic acids is 1. The Morgan fingerprint density at radius 2 is 1.88 bits per heavy atom. The number of carbonyl (C=O) groups is 1. The predicted octanol–water partition coefficient (Wildman–Crippen LogP) is 4.07. The number of aromatic nitrogens is 4. The molecule has 0 radical (unpaired) electrons. The molecular formula is C24H25N7O. The maximum Gasteiger partial charge on any atom is 0.253 e. The zero-order valence-corrected chi connectivity index (χ0v) is 18.3. The summed E-state index contributed by atoms with van der Waals surface area (Å²) in [5, 5.41) is 4.85. The van der Waals surface area contributed by atoms with E-state index in [9.17, 15) is 4.79 Å². The number of nitrogen functional groups attached to an aromatic ring is 1. The van der Waals surface area contributed by atoms with Crippen molar-refractivity contribution in [1.29, 1.82) is 0 Å². The van der Waals surface area contributed by atoms with Crippen LogP contribution in [0.3, 0.4) is 0 Å². The van der Waals surface area contributed by atoms with Gasteiger partial charge in [-0.2, -0.15) is 0 Å². The van der Waals surface area contributed by atoms with Crippen LogP contribution in [-0.4, -0.2) is 44.3 Å². The summed E-state index contributed by atoms with van der Waals surface area (Å²) >= 11 is 0. The average Bonchev–Trinajstić information content (AvgIpc) is 2.83. The number of fused-ring (bicyclic) bond motifs is 1. The summed E-state index contributed by atoms with van der Waals surface area (Å²) in [5.41, 5.74) is 9.68. The summed E-state index contributed by atoms with van der Waals surface area (Å²) in [7, 11) is 1.77. The fraction of sp³-hybridized carbons (Fsp3) is 0.208. The second-order valence-corrected chi connectivity index (χ2v) is 7.44. The summed E-state index contributed by atoms with van der Waals surface area (Å²) in [6.45, 7) is 4.66. The number of nitrogens with two attached hydrogens (primary N) is 1. The highest BCUT2D eigenvalue weighted by Crippen LogP contribution is 2.29. The van der Waals surface area contributed by atoms with Crippen molar-refractivity contribution in [2.24, 2.45) is 0 Å². The van der Waals surface area contributed by atoms with E-state index < -0.39 is 0 Å². The first-order valence-electron chi connectivity index (χ1n) is 10.5. The molecule has 8 heteroatoms. The Morgan fingerprint density at radius 3 is 2.66 bits per heavy atom. The number of rotatable bonds is 6. The number of hydrogen-bond acceptors (Lipinski definition) is 7. The Bertz CT molecular complexity index is 1290. The third kappa shape index (κ3) is 4.20. The normalized spacial score (nSPS) is 10.8. The van der Waals surface area contributed by atoms with E-state index in [2.05, 4.69) is 32.2 Å². The molecule has 0 aromatic carbocycles. The van der Waals surface area contributed by atoms with Crippen LogP contribution in [0.5, 0.6) is 0 Å². The van der Waals surface area contributed by atoms with Gasteiger partial charge in [0, 0.05) is 54.9 Å². The fourth-order valence-electron chi connectivity index (χ4n) is 3.47. The smallest absolute Gasteiger partial charge is 0.253 e. The zero-order chi connectivity index (χ0) is 22.7. The third-order valence-corrected chi connectivity index (χ3v) is 5.40. The van der Waals surface area contributed by atoms with Gasteiger partial charge in [-0.25, -0.2) is 15.0 Å². The molecule has 8 nitrogen and oxygen atoms in total. The van der Waals surface area contributed by atoms with E-state index in [4.69, 9.17) is 5.73 Å². The van der Waals surface area contributed by atoms with Crippen molar-refractivity contribution < 1.29 is 4.79 Å². The fourth-order valence-corrected chi connectivity index (χ4v) is 3.47. The van der Waals surface area contributed by atoms with Crippen LogP contribution >= 0.6 is 0 Å². The largest absolute Gasteiger partial charge is 0.383 e. The lowest BCUT2D eigenvalue weighted by molar-refractivity contribution is 0.0802. The lowest BCUT2D eigenvalue weighted by atomic mass is 10.0. The van der Waals surface area contributed by atoms with E-state index in [1.54, 1.807) is 42.7 Å². The van der Waals surface area contributed by atoms with Crippen LogP contribution in [0.15, 0.2) is 55.1 Å². The number of nitrogens with zero attached hydrogens (tertiary/aromatic N) is 5. The van der Waals surface area contributed by atoms with Crippen molar-refractivity contribution in [3.8, 4) is 11.3 Å². The van der Waals surface area contributed by atoms with Gasteiger partial charge in [0.2, 0.25) is 0 Å². The molecule has 4 heterocycles. The molecule has 4 aromatic rings. The van der Waals surface area contributed by atoms with Crippen molar-refractivity contribution >= 4 is 34.1 Å². The van der Waals surface area contributed by atoms with Gasteiger partial charge in [0.15, 0.2) is 0 Å². The summed E-state index contributed by atoms with van der Waals surface area (Å²) in [6.07, 6.45) is 7.76. The third-order valence-electron chi connectivity index (χ3n) is 5.40. The first kappa shape index (κ1) is 21.2. The Balaban J connectivity index is 1.69. The number of pyridine rings is 4. The Labute approximate surface area is 186 Å². The molecule has 0 atom stereocenters. The number of nitrogens with one attached hydrogen (secondary N) is 1. The Morgan fingerprint density at radius 1 is 1.06 bits per heavy atom. The lowest BCUT2D eigenvalue weighted by Gasteiger charge is -2.15. The highest BCUT2D eigenvalue weighted by molar-refractivity contribution is 5.96. The molecule has 0 bridgehead atoms. The van der Waals surface area contributed by atoms with Crippen molar-refractivity contribution in [1.82, 2.24) is 24.8 Å². The van der Waals surface area contributed by atoms with E-state index in [0.29, 0.717) is 29.6 Å². The van der Waals surface area contributed by atoms with Gasteiger partial charge in [0.05, 0.1) is 5.69 Å². The van der Waals surface area contributed by atoms with Crippen LogP contribution in [0.25, 0.3) is 22.0 Å². The van der Waals surface area contributed by atoms with Crippen LogP contribution in [0.4, 0.5) is 17.5 Å². The highest BCUT2D eigenvalue weighted by Gasteiger charge is 2.13. The van der Waals surface area contributed by atoms with Crippen LogP contribution in [0.1, 0.15) is 29.8 Å². The number of hydrogen-bond donors (Lipinski definition) is 2.